The number of rotatable bonds is 0. The number of nitrogens with zero attached hydrogens (tertiary/aromatic N) is 2. The van der Waals surface area contributed by atoms with Crippen LogP contribution in [0.5, 0.6) is 0 Å². The predicted molar refractivity (Wildman–Crippen MR) is 44.9 cm³/mol. The van der Waals surface area contributed by atoms with Gasteiger partial charge in [-0.15, -0.1) is 0 Å². The Kier molecular flexibility index (Phi) is 1.51. The van der Waals surface area contributed by atoms with Crippen molar-refractivity contribution >= 4 is 16.9 Å². The lowest BCUT2D eigenvalue weighted by Crippen LogP contribution is -2.32. The standard InChI is InChI=1S/C7H8N2S/c1-3-8-7-9(4-1)5-2-6-10-7/h1-3,6H,4-5H2. The predicted octanol–water partition coefficient (Wildman–Crippen LogP) is 1.43. The lowest BCUT2D eigenvalue weighted by atomic mass is 10.4. The molecule has 10 heavy (non-hydrogen) atoms. The van der Waals surface area contributed by atoms with Gasteiger partial charge in [-0.3, -0.25) is 0 Å². The second-order valence-corrected chi connectivity index (χ2v) is 3.06. The van der Waals surface area contributed by atoms with Crippen molar-refractivity contribution in [1.29, 1.82) is 0 Å². The van der Waals surface area contributed by atoms with Crippen molar-refractivity contribution in [2.75, 3.05) is 13.1 Å². The van der Waals surface area contributed by atoms with Gasteiger partial charge in [0.1, 0.15) is 0 Å². The highest BCUT2D eigenvalue weighted by Gasteiger charge is 2.12. The topological polar surface area (TPSA) is 15.6 Å². The third-order valence-corrected chi connectivity index (χ3v) is 2.39. The second kappa shape index (κ2) is 2.50. The average molecular weight is 152 g/mol. The van der Waals surface area contributed by atoms with E-state index in [1.54, 1.807) is 11.8 Å². The molecule has 0 amide bonds. The van der Waals surface area contributed by atoms with Crippen molar-refractivity contribution in [3.05, 3.63) is 23.8 Å². The fourth-order valence-electron chi connectivity index (χ4n) is 0.987. The molecule has 2 heterocycles. The molecule has 0 unspecified atom stereocenters. The van der Waals surface area contributed by atoms with Crippen molar-refractivity contribution in [2.45, 2.75) is 0 Å². The van der Waals surface area contributed by atoms with Crippen LogP contribution in [-0.4, -0.2) is 23.2 Å². The van der Waals surface area contributed by atoms with Crippen LogP contribution < -0.4 is 0 Å². The van der Waals surface area contributed by atoms with Crippen LogP contribution >= 0.6 is 11.8 Å². The van der Waals surface area contributed by atoms with Gasteiger partial charge in [-0.1, -0.05) is 17.8 Å². The van der Waals surface area contributed by atoms with Crippen LogP contribution in [0.15, 0.2) is 28.8 Å². The van der Waals surface area contributed by atoms with Gasteiger partial charge in [0.15, 0.2) is 5.17 Å². The zero-order valence-electron chi connectivity index (χ0n) is 5.53. The zero-order chi connectivity index (χ0) is 6.81. The molecule has 0 aliphatic carbocycles. The Morgan fingerprint density at radius 2 is 2.30 bits per heavy atom. The van der Waals surface area contributed by atoms with Crippen LogP contribution in [0.4, 0.5) is 0 Å². The molecule has 2 aliphatic rings. The lowest BCUT2D eigenvalue weighted by molar-refractivity contribution is 0.515. The number of hydrogen-bond donors (Lipinski definition) is 0. The molecule has 0 spiro atoms. The first-order chi connectivity index (χ1) is 4.97. The zero-order valence-corrected chi connectivity index (χ0v) is 6.34. The van der Waals surface area contributed by atoms with Crippen molar-refractivity contribution in [1.82, 2.24) is 4.90 Å². The van der Waals surface area contributed by atoms with E-state index in [1.165, 1.54) is 0 Å². The van der Waals surface area contributed by atoms with E-state index in [4.69, 9.17) is 0 Å². The molecule has 2 aliphatic heterocycles. The normalized spacial score (nSPS) is 22.4. The third-order valence-electron chi connectivity index (χ3n) is 1.48. The molecule has 0 radical (unpaired) electrons. The van der Waals surface area contributed by atoms with E-state index in [0.717, 1.165) is 18.3 Å². The van der Waals surface area contributed by atoms with Crippen LogP contribution in [0.2, 0.25) is 0 Å². The van der Waals surface area contributed by atoms with Crippen molar-refractivity contribution in [2.24, 2.45) is 4.99 Å². The summed E-state index contributed by atoms with van der Waals surface area (Å²) in [5.74, 6) is 0. The van der Waals surface area contributed by atoms with Gasteiger partial charge in [0.2, 0.25) is 0 Å². The summed E-state index contributed by atoms with van der Waals surface area (Å²) >= 11 is 1.69. The molecule has 2 nitrogen and oxygen atoms in total. The molecule has 0 atom stereocenters. The monoisotopic (exact) mass is 152 g/mol. The molecule has 0 saturated carbocycles. The maximum absolute atomic E-state index is 4.23. The highest BCUT2D eigenvalue weighted by Crippen LogP contribution is 2.17. The Bertz CT molecular complexity index is 218. The summed E-state index contributed by atoms with van der Waals surface area (Å²) in [5.41, 5.74) is 0. The Labute approximate surface area is 64.3 Å². The smallest absolute Gasteiger partial charge is 0.168 e. The summed E-state index contributed by atoms with van der Waals surface area (Å²) in [6.45, 7) is 2.02. The molecule has 0 fully saturated rings. The first kappa shape index (κ1) is 6.04. The fourth-order valence-corrected chi connectivity index (χ4v) is 1.71. The molecule has 0 aromatic heterocycles. The molecule has 2 rings (SSSR count). The van der Waals surface area contributed by atoms with Crippen molar-refractivity contribution in [3.8, 4) is 0 Å². The largest absolute Gasteiger partial charge is 0.343 e. The van der Waals surface area contributed by atoms with Crippen LogP contribution in [0.25, 0.3) is 0 Å². The van der Waals surface area contributed by atoms with Crippen LogP contribution in [0.3, 0.4) is 0 Å². The summed E-state index contributed by atoms with van der Waals surface area (Å²) < 4.78 is 0. The summed E-state index contributed by atoms with van der Waals surface area (Å²) in [7, 11) is 0. The number of aliphatic imine (C=N–C) groups is 1. The molecule has 0 bridgehead atoms. The average Bonchev–Trinajstić information content (AvgIpc) is 2.05. The van der Waals surface area contributed by atoms with Gasteiger partial charge >= 0.3 is 0 Å². The molecule has 0 aromatic rings. The van der Waals surface area contributed by atoms with E-state index < -0.39 is 0 Å². The first-order valence-corrected chi connectivity index (χ1v) is 4.14. The third kappa shape index (κ3) is 0.968. The summed E-state index contributed by atoms with van der Waals surface area (Å²) in [6, 6.07) is 0. The number of fused-ring (bicyclic) bond motifs is 1. The van der Waals surface area contributed by atoms with E-state index in [0.29, 0.717) is 0 Å². The fraction of sp³-hybridized carbons (Fsp3) is 0.286. The Hall–Kier alpha value is -0.700. The van der Waals surface area contributed by atoms with Crippen molar-refractivity contribution in [3.63, 3.8) is 0 Å². The van der Waals surface area contributed by atoms with Gasteiger partial charge in [0, 0.05) is 19.3 Å². The highest BCUT2D eigenvalue weighted by atomic mass is 32.2. The van der Waals surface area contributed by atoms with Gasteiger partial charge in [-0.25, -0.2) is 4.99 Å². The Morgan fingerprint density at radius 3 is 3.20 bits per heavy atom. The molecule has 0 saturated heterocycles. The number of amidine groups is 1. The van der Waals surface area contributed by atoms with E-state index >= 15 is 0 Å². The quantitative estimate of drug-likeness (QED) is 0.522. The minimum Gasteiger partial charge on any atom is -0.343 e. The molecule has 0 aromatic carbocycles. The van der Waals surface area contributed by atoms with E-state index in [-0.39, 0.29) is 0 Å². The van der Waals surface area contributed by atoms with Gasteiger partial charge in [-0.2, -0.15) is 0 Å². The van der Waals surface area contributed by atoms with Gasteiger partial charge in [0.25, 0.3) is 0 Å². The van der Waals surface area contributed by atoms with E-state index in [2.05, 4.69) is 27.5 Å². The molecular weight excluding hydrogens is 144 g/mol. The van der Waals surface area contributed by atoms with Crippen LogP contribution in [0.1, 0.15) is 0 Å². The van der Waals surface area contributed by atoms with Gasteiger partial charge < -0.3 is 4.90 Å². The molecule has 0 N–H and O–H groups in total. The second-order valence-electron chi connectivity index (χ2n) is 2.19. The molecule has 3 heteroatoms. The van der Waals surface area contributed by atoms with E-state index in [9.17, 15) is 0 Å². The van der Waals surface area contributed by atoms with Gasteiger partial charge in [0.05, 0.1) is 0 Å². The Balaban J connectivity index is 2.23. The lowest BCUT2D eigenvalue weighted by Gasteiger charge is -2.26. The van der Waals surface area contributed by atoms with Crippen LogP contribution in [-0.2, 0) is 0 Å². The SMILES string of the molecule is C1=CN=C2SC=CCN2C1. The number of hydrogen-bond acceptors (Lipinski definition) is 3. The first-order valence-electron chi connectivity index (χ1n) is 3.26. The molecule has 52 valence electrons. The van der Waals surface area contributed by atoms with E-state index in [1.807, 2.05) is 6.20 Å². The number of thioether (sulfide) groups is 1. The summed E-state index contributed by atoms with van der Waals surface area (Å²) in [4.78, 5) is 6.47. The Morgan fingerprint density at radius 1 is 1.40 bits per heavy atom. The maximum atomic E-state index is 4.23. The summed E-state index contributed by atoms with van der Waals surface area (Å²) in [6.07, 6.45) is 6.10. The maximum Gasteiger partial charge on any atom is 0.168 e. The minimum absolute atomic E-state index is 1.01. The van der Waals surface area contributed by atoms with Crippen molar-refractivity contribution < 1.29 is 0 Å². The van der Waals surface area contributed by atoms with Crippen LogP contribution in [0, 0.1) is 0 Å². The minimum atomic E-state index is 1.01. The van der Waals surface area contributed by atoms with Gasteiger partial charge in [-0.05, 0) is 11.5 Å². The summed E-state index contributed by atoms with van der Waals surface area (Å²) in [5, 5.41) is 3.22. The molecular formula is C7H8N2S. The highest BCUT2D eigenvalue weighted by molar-refractivity contribution is 8.16.